The van der Waals surface area contributed by atoms with Gasteiger partial charge in [-0.15, -0.1) is 0 Å². The van der Waals surface area contributed by atoms with E-state index in [1.807, 2.05) is 31.2 Å². The van der Waals surface area contributed by atoms with Gasteiger partial charge in [0.05, 0.1) is 18.9 Å². The molecule has 1 N–H and O–H groups in total. The number of hydrogen-bond donors (Lipinski definition) is 1. The number of aromatic hydroxyl groups is 1. The molecule has 0 fully saturated rings. The lowest BCUT2D eigenvalue weighted by Gasteiger charge is -2.11. The van der Waals surface area contributed by atoms with Crippen molar-refractivity contribution >= 4 is 10.8 Å². The highest BCUT2D eigenvalue weighted by molar-refractivity contribution is 5.90. The number of rotatable bonds is 4. The number of aromatic nitrogens is 1. The summed E-state index contributed by atoms with van der Waals surface area (Å²) in [4.78, 5) is 0. The van der Waals surface area contributed by atoms with Crippen molar-refractivity contribution in [3.63, 3.8) is 0 Å². The van der Waals surface area contributed by atoms with Crippen LogP contribution in [0.5, 0.6) is 11.5 Å². The second-order valence-electron chi connectivity index (χ2n) is 6.17. The van der Waals surface area contributed by atoms with Gasteiger partial charge in [0.1, 0.15) is 11.5 Å². The lowest BCUT2D eigenvalue weighted by molar-refractivity contribution is 0.401. The molecule has 1 aromatic heterocycles. The highest BCUT2D eigenvalue weighted by atomic mass is 16.5. The zero-order valence-electron chi connectivity index (χ0n) is 14.7. The van der Waals surface area contributed by atoms with E-state index in [1.165, 1.54) is 5.39 Å². The number of methoxy groups -OCH3 is 1. The van der Waals surface area contributed by atoms with Crippen molar-refractivity contribution in [2.45, 2.75) is 13.3 Å². The zero-order chi connectivity index (χ0) is 18.1. The number of phenolic OH excluding ortho intramolecular Hbond substituents is 1. The van der Waals surface area contributed by atoms with Gasteiger partial charge in [-0.1, -0.05) is 48.5 Å². The summed E-state index contributed by atoms with van der Waals surface area (Å²) in [6.45, 7) is 2.04. The van der Waals surface area contributed by atoms with Crippen molar-refractivity contribution in [1.82, 2.24) is 5.16 Å². The number of aryl methyl sites for hydroxylation is 1. The third-order valence-corrected chi connectivity index (χ3v) is 4.66. The van der Waals surface area contributed by atoms with Gasteiger partial charge in [-0.05, 0) is 40.5 Å². The van der Waals surface area contributed by atoms with E-state index < -0.39 is 0 Å². The van der Waals surface area contributed by atoms with Gasteiger partial charge in [0.25, 0.3) is 0 Å². The minimum atomic E-state index is 0.109. The fourth-order valence-electron chi connectivity index (χ4n) is 3.26. The van der Waals surface area contributed by atoms with Crippen LogP contribution in [0.3, 0.4) is 0 Å². The summed E-state index contributed by atoms with van der Waals surface area (Å²) in [5.74, 6) is 1.33. The predicted molar refractivity (Wildman–Crippen MR) is 102 cm³/mol. The van der Waals surface area contributed by atoms with Crippen LogP contribution in [0.15, 0.2) is 65.3 Å². The molecule has 4 aromatic rings. The summed E-state index contributed by atoms with van der Waals surface area (Å²) >= 11 is 0. The van der Waals surface area contributed by atoms with E-state index in [4.69, 9.17) is 9.26 Å². The molecule has 0 atom stereocenters. The Morgan fingerprint density at radius 3 is 2.58 bits per heavy atom. The zero-order valence-corrected chi connectivity index (χ0v) is 14.7. The highest BCUT2D eigenvalue weighted by Crippen LogP contribution is 2.40. The minimum absolute atomic E-state index is 0.109. The van der Waals surface area contributed by atoms with Gasteiger partial charge in [0.15, 0.2) is 5.76 Å². The third kappa shape index (κ3) is 2.69. The maximum atomic E-state index is 10.5. The summed E-state index contributed by atoms with van der Waals surface area (Å²) in [6, 6.07) is 17.9. The van der Waals surface area contributed by atoms with E-state index >= 15 is 0 Å². The Labute approximate surface area is 151 Å². The monoisotopic (exact) mass is 345 g/mol. The van der Waals surface area contributed by atoms with E-state index in [2.05, 4.69) is 29.4 Å². The molecule has 0 unspecified atom stereocenters. The van der Waals surface area contributed by atoms with Crippen LogP contribution in [-0.4, -0.2) is 17.4 Å². The van der Waals surface area contributed by atoms with Crippen LogP contribution >= 0.6 is 0 Å². The predicted octanol–water partition coefficient (Wildman–Crippen LogP) is 5.44. The summed E-state index contributed by atoms with van der Waals surface area (Å²) in [7, 11) is 1.60. The quantitative estimate of drug-likeness (QED) is 0.535. The summed E-state index contributed by atoms with van der Waals surface area (Å²) in [6.07, 6.45) is 2.48. The van der Waals surface area contributed by atoms with Crippen LogP contribution in [0.25, 0.3) is 33.2 Å². The number of benzene rings is 3. The molecule has 130 valence electrons. The molecule has 4 heteroatoms. The molecule has 1 heterocycles. The first-order valence-electron chi connectivity index (χ1n) is 8.55. The van der Waals surface area contributed by atoms with Gasteiger partial charge < -0.3 is 14.4 Å². The first-order valence-corrected chi connectivity index (χ1v) is 8.55. The molecule has 0 saturated carbocycles. The summed E-state index contributed by atoms with van der Waals surface area (Å²) < 4.78 is 10.9. The first-order chi connectivity index (χ1) is 12.7. The van der Waals surface area contributed by atoms with Crippen LogP contribution in [0.4, 0.5) is 0 Å². The van der Waals surface area contributed by atoms with E-state index in [0.717, 1.165) is 28.5 Å². The Morgan fingerprint density at radius 2 is 1.81 bits per heavy atom. The molecule has 0 aliphatic heterocycles. The van der Waals surface area contributed by atoms with Crippen LogP contribution < -0.4 is 4.74 Å². The lowest BCUT2D eigenvalue weighted by Crippen LogP contribution is -1.92. The van der Waals surface area contributed by atoms with E-state index in [0.29, 0.717) is 17.1 Å². The molecular weight excluding hydrogens is 326 g/mol. The SMILES string of the molecule is CCc1cc(-c2oncc2-c2ccc3ccccc3c2)c(O)cc1OC. The Hall–Kier alpha value is -3.27. The topological polar surface area (TPSA) is 55.5 Å². The Bertz CT molecular complexity index is 1080. The standard InChI is InChI=1S/C22H19NO3/c1-3-14-11-18(20(24)12-21(14)25-2)22-19(13-23-26-22)17-9-8-15-6-4-5-7-16(15)10-17/h4-13,24H,3H2,1-2H3. The fraction of sp³-hybridized carbons (Fsp3) is 0.136. The Balaban J connectivity index is 1.87. The summed E-state index contributed by atoms with van der Waals surface area (Å²) in [5, 5.41) is 16.8. The van der Waals surface area contributed by atoms with Crippen molar-refractivity contribution in [3.05, 3.63) is 66.4 Å². The largest absolute Gasteiger partial charge is 0.507 e. The molecule has 4 nitrogen and oxygen atoms in total. The number of nitrogens with zero attached hydrogens (tertiary/aromatic N) is 1. The molecular formula is C22H19NO3. The maximum Gasteiger partial charge on any atom is 0.178 e. The van der Waals surface area contributed by atoms with E-state index in [1.54, 1.807) is 19.4 Å². The molecule has 0 bridgehead atoms. The van der Waals surface area contributed by atoms with Crippen LogP contribution in [0, 0.1) is 0 Å². The second kappa shape index (κ2) is 6.56. The van der Waals surface area contributed by atoms with Crippen molar-refractivity contribution in [1.29, 1.82) is 0 Å². The van der Waals surface area contributed by atoms with Crippen molar-refractivity contribution in [2.24, 2.45) is 0 Å². The fourth-order valence-corrected chi connectivity index (χ4v) is 3.26. The number of hydrogen-bond acceptors (Lipinski definition) is 4. The molecule has 26 heavy (non-hydrogen) atoms. The second-order valence-corrected chi connectivity index (χ2v) is 6.17. The summed E-state index contributed by atoms with van der Waals surface area (Å²) in [5.41, 5.74) is 3.45. The molecule has 0 aliphatic carbocycles. The van der Waals surface area contributed by atoms with Crippen LogP contribution in [0.1, 0.15) is 12.5 Å². The van der Waals surface area contributed by atoms with Gasteiger partial charge >= 0.3 is 0 Å². The number of phenols is 1. The number of ether oxygens (including phenoxy) is 1. The molecule has 0 saturated heterocycles. The molecule has 0 radical (unpaired) electrons. The van der Waals surface area contributed by atoms with Crippen LogP contribution in [-0.2, 0) is 6.42 Å². The average Bonchev–Trinajstić information content (AvgIpc) is 3.16. The molecule has 3 aromatic carbocycles. The van der Waals surface area contributed by atoms with Crippen LogP contribution in [0.2, 0.25) is 0 Å². The molecule has 0 spiro atoms. The number of fused-ring (bicyclic) bond motifs is 1. The highest BCUT2D eigenvalue weighted by Gasteiger charge is 2.19. The average molecular weight is 345 g/mol. The molecule has 4 rings (SSSR count). The van der Waals surface area contributed by atoms with Gasteiger partial charge in [-0.2, -0.15) is 0 Å². The van der Waals surface area contributed by atoms with Gasteiger partial charge in [0, 0.05) is 11.6 Å². The lowest BCUT2D eigenvalue weighted by atomic mass is 9.97. The minimum Gasteiger partial charge on any atom is -0.507 e. The Kier molecular flexibility index (Phi) is 4.09. The molecule has 0 aliphatic rings. The van der Waals surface area contributed by atoms with Crippen molar-refractivity contribution < 1.29 is 14.4 Å². The molecule has 0 amide bonds. The van der Waals surface area contributed by atoms with Crippen molar-refractivity contribution in [3.8, 4) is 33.9 Å². The van der Waals surface area contributed by atoms with E-state index in [9.17, 15) is 5.11 Å². The maximum absolute atomic E-state index is 10.5. The van der Waals surface area contributed by atoms with Crippen molar-refractivity contribution in [2.75, 3.05) is 7.11 Å². The first kappa shape index (κ1) is 16.2. The van der Waals surface area contributed by atoms with Gasteiger partial charge in [-0.3, -0.25) is 0 Å². The third-order valence-electron chi connectivity index (χ3n) is 4.66. The van der Waals surface area contributed by atoms with E-state index in [-0.39, 0.29) is 5.75 Å². The van der Waals surface area contributed by atoms with Gasteiger partial charge in [0.2, 0.25) is 0 Å². The normalized spacial score (nSPS) is 11.0. The van der Waals surface area contributed by atoms with Gasteiger partial charge in [-0.25, -0.2) is 0 Å². The Morgan fingerprint density at radius 1 is 1.00 bits per heavy atom. The smallest absolute Gasteiger partial charge is 0.178 e.